The van der Waals surface area contributed by atoms with Gasteiger partial charge in [-0.1, -0.05) is 6.92 Å². The summed E-state index contributed by atoms with van der Waals surface area (Å²) < 4.78 is 19.8. The zero-order valence-electron chi connectivity index (χ0n) is 11.7. The summed E-state index contributed by atoms with van der Waals surface area (Å²) in [6.45, 7) is 5.62. The van der Waals surface area contributed by atoms with Crippen LogP contribution in [0.2, 0.25) is 0 Å². The van der Waals surface area contributed by atoms with Gasteiger partial charge in [0.2, 0.25) is 0 Å². The second kappa shape index (κ2) is 6.24. The van der Waals surface area contributed by atoms with Crippen molar-refractivity contribution in [3.05, 3.63) is 24.0 Å². The van der Waals surface area contributed by atoms with Crippen molar-refractivity contribution in [3.8, 4) is 5.75 Å². The zero-order chi connectivity index (χ0) is 13.8. The third kappa shape index (κ3) is 3.60. The fourth-order valence-electron chi connectivity index (χ4n) is 2.36. The third-order valence-corrected chi connectivity index (χ3v) is 3.63. The lowest BCUT2D eigenvalue weighted by molar-refractivity contribution is 0.216. The van der Waals surface area contributed by atoms with Crippen molar-refractivity contribution in [2.24, 2.45) is 5.73 Å². The number of hydrogen-bond donors (Lipinski definition) is 1. The molecule has 1 heterocycles. The molecule has 0 saturated carbocycles. The Kier molecular flexibility index (Phi) is 4.64. The van der Waals surface area contributed by atoms with Crippen LogP contribution in [0, 0.1) is 5.82 Å². The number of ether oxygens (including phenoxy) is 1. The Balaban J connectivity index is 2.10. The topological polar surface area (TPSA) is 38.5 Å². The summed E-state index contributed by atoms with van der Waals surface area (Å²) in [6, 6.07) is 5.25. The van der Waals surface area contributed by atoms with E-state index in [0.29, 0.717) is 11.4 Å². The Labute approximate surface area is 114 Å². The first kappa shape index (κ1) is 14.1. The highest BCUT2D eigenvalue weighted by Crippen LogP contribution is 2.27. The average molecular weight is 266 g/mol. The van der Waals surface area contributed by atoms with Crippen LogP contribution in [0.25, 0.3) is 0 Å². The monoisotopic (exact) mass is 266 g/mol. The maximum atomic E-state index is 14.2. The number of rotatable bonds is 4. The van der Waals surface area contributed by atoms with E-state index in [1.807, 2.05) is 24.8 Å². The third-order valence-electron chi connectivity index (χ3n) is 3.63. The molecule has 2 unspecified atom stereocenters. The van der Waals surface area contributed by atoms with Gasteiger partial charge in [-0.3, -0.25) is 0 Å². The second-order valence-corrected chi connectivity index (χ2v) is 5.30. The van der Waals surface area contributed by atoms with Gasteiger partial charge >= 0.3 is 0 Å². The summed E-state index contributed by atoms with van der Waals surface area (Å²) in [4.78, 5) is 2.02. The van der Waals surface area contributed by atoms with Crippen LogP contribution in [0.1, 0.15) is 33.1 Å². The molecule has 3 nitrogen and oxygen atoms in total. The molecule has 1 saturated heterocycles. The molecule has 2 atom stereocenters. The molecule has 4 heteroatoms. The van der Waals surface area contributed by atoms with Crippen molar-refractivity contribution >= 4 is 5.69 Å². The number of nitrogens with zero attached hydrogens (tertiary/aromatic N) is 1. The fraction of sp³-hybridized carbons (Fsp3) is 0.600. The molecule has 1 aromatic rings. The van der Waals surface area contributed by atoms with E-state index in [-0.39, 0.29) is 18.0 Å². The second-order valence-electron chi connectivity index (χ2n) is 5.30. The molecule has 0 aliphatic carbocycles. The highest BCUT2D eigenvalue weighted by atomic mass is 19.1. The van der Waals surface area contributed by atoms with Crippen molar-refractivity contribution in [3.63, 3.8) is 0 Å². The van der Waals surface area contributed by atoms with E-state index >= 15 is 0 Å². The Morgan fingerprint density at radius 1 is 1.53 bits per heavy atom. The first-order valence-corrected chi connectivity index (χ1v) is 7.07. The first-order chi connectivity index (χ1) is 9.10. The maximum Gasteiger partial charge on any atom is 0.150 e. The molecule has 106 valence electrons. The summed E-state index contributed by atoms with van der Waals surface area (Å²) >= 11 is 0. The van der Waals surface area contributed by atoms with Crippen molar-refractivity contribution in [2.75, 3.05) is 18.0 Å². The molecule has 1 fully saturated rings. The predicted octanol–water partition coefficient (Wildman–Crippen LogP) is 2.93. The van der Waals surface area contributed by atoms with Crippen LogP contribution >= 0.6 is 0 Å². The molecule has 19 heavy (non-hydrogen) atoms. The lowest BCUT2D eigenvalue weighted by Gasteiger charge is -2.32. The highest BCUT2D eigenvalue weighted by Gasteiger charge is 2.19. The number of hydrogen-bond acceptors (Lipinski definition) is 3. The van der Waals surface area contributed by atoms with Gasteiger partial charge in [-0.2, -0.15) is 0 Å². The van der Waals surface area contributed by atoms with Crippen molar-refractivity contribution in [2.45, 2.75) is 45.3 Å². The van der Waals surface area contributed by atoms with Crippen LogP contribution < -0.4 is 15.4 Å². The average Bonchev–Trinajstić information content (AvgIpc) is 2.38. The van der Waals surface area contributed by atoms with E-state index < -0.39 is 0 Å². The first-order valence-electron chi connectivity index (χ1n) is 7.07. The van der Waals surface area contributed by atoms with Gasteiger partial charge in [0.05, 0.1) is 11.8 Å². The molecule has 1 aliphatic rings. The molecule has 1 aliphatic heterocycles. The van der Waals surface area contributed by atoms with Crippen molar-refractivity contribution in [1.29, 1.82) is 0 Å². The Bertz CT molecular complexity index is 425. The summed E-state index contributed by atoms with van der Waals surface area (Å²) in [5.74, 6) is 0.367. The van der Waals surface area contributed by atoms with E-state index in [4.69, 9.17) is 10.5 Å². The molecule has 2 rings (SSSR count). The van der Waals surface area contributed by atoms with E-state index in [9.17, 15) is 4.39 Å². The SMILES string of the molecule is CCC(C)Oc1ccc(N2CCCC(N)C2)c(F)c1. The quantitative estimate of drug-likeness (QED) is 0.910. The van der Waals surface area contributed by atoms with Crippen LogP contribution in [0.5, 0.6) is 5.75 Å². The number of nitrogens with two attached hydrogens (primary N) is 1. The van der Waals surface area contributed by atoms with E-state index in [0.717, 1.165) is 32.4 Å². The summed E-state index contributed by atoms with van der Waals surface area (Å²) in [6.07, 6.45) is 3.05. The molecule has 0 amide bonds. The number of benzene rings is 1. The van der Waals surface area contributed by atoms with Gasteiger partial charge < -0.3 is 15.4 Å². The lowest BCUT2D eigenvalue weighted by Crippen LogP contribution is -2.43. The molecule has 0 bridgehead atoms. The Morgan fingerprint density at radius 2 is 2.32 bits per heavy atom. The molecular weight excluding hydrogens is 243 g/mol. The van der Waals surface area contributed by atoms with E-state index in [1.165, 1.54) is 6.07 Å². The van der Waals surface area contributed by atoms with Crippen LogP contribution in [-0.2, 0) is 0 Å². The van der Waals surface area contributed by atoms with Gasteiger partial charge in [0.25, 0.3) is 0 Å². The van der Waals surface area contributed by atoms with Crippen LogP contribution in [0.4, 0.5) is 10.1 Å². The van der Waals surface area contributed by atoms with Gasteiger partial charge in [0.15, 0.2) is 0 Å². The number of halogens is 1. The highest BCUT2D eigenvalue weighted by molar-refractivity contribution is 5.51. The maximum absolute atomic E-state index is 14.2. The molecule has 0 aromatic heterocycles. The minimum Gasteiger partial charge on any atom is -0.491 e. The van der Waals surface area contributed by atoms with Crippen LogP contribution in [0.3, 0.4) is 0 Å². The smallest absolute Gasteiger partial charge is 0.150 e. The number of anilines is 1. The normalized spacial score (nSPS) is 21.3. The zero-order valence-corrected chi connectivity index (χ0v) is 11.7. The lowest BCUT2D eigenvalue weighted by atomic mass is 10.1. The molecular formula is C15H23FN2O. The van der Waals surface area contributed by atoms with Crippen molar-refractivity contribution < 1.29 is 9.13 Å². The number of piperidine rings is 1. The van der Waals surface area contributed by atoms with Gasteiger partial charge in [0, 0.05) is 25.2 Å². The summed E-state index contributed by atoms with van der Waals surface area (Å²) in [5, 5.41) is 0. The predicted molar refractivity (Wildman–Crippen MR) is 76.2 cm³/mol. The molecule has 0 radical (unpaired) electrons. The Morgan fingerprint density at radius 3 is 2.95 bits per heavy atom. The van der Waals surface area contributed by atoms with Gasteiger partial charge in [-0.25, -0.2) is 4.39 Å². The molecule has 1 aromatic carbocycles. The minimum absolute atomic E-state index is 0.105. The van der Waals surface area contributed by atoms with Crippen LogP contribution in [0.15, 0.2) is 18.2 Å². The minimum atomic E-state index is -0.227. The van der Waals surface area contributed by atoms with Gasteiger partial charge in [0.1, 0.15) is 11.6 Å². The summed E-state index contributed by atoms with van der Waals surface area (Å²) in [7, 11) is 0. The van der Waals surface area contributed by atoms with Crippen molar-refractivity contribution in [1.82, 2.24) is 0 Å². The largest absolute Gasteiger partial charge is 0.491 e. The Hall–Kier alpha value is -1.29. The van der Waals surface area contributed by atoms with Gasteiger partial charge in [-0.15, -0.1) is 0 Å². The summed E-state index contributed by atoms with van der Waals surface area (Å²) in [5.41, 5.74) is 6.57. The van der Waals surface area contributed by atoms with Gasteiger partial charge in [-0.05, 0) is 38.3 Å². The molecule has 2 N–H and O–H groups in total. The van der Waals surface area contributed by atoms with E-state index in [1.54, 1.807) is 6.07 Å². The van der Waals surface area contributed by atoms with Crippen LogP contribution in [-0.4, -0.2) is 25.2 Å². The van der Waals surface area contributed by atoms with E-state index in [2.05, 4.69) is 0 Å². The standard InChI is InChI=1S/C15H23FN2O/c1-3-11(2)19-13-6-7-15(14(16)9-13)18-8-4-5-12(17)10-18/h6-7,9,11-12H,3-5,8,10,17H2,1-2H3. The molecule has 0 spiro atoms. The fourth-order valence-corrected chi connectivity index (χ4v) is 2.36.